The van der Waals surface area contributed by atoms with E-state index in [1.165, 1.54) is 24.6 Å². The van der Waals surface area contributed by atoms with Crippen molar-refractivity contribution in [3.63, 3.8) is 0 Å². The molecule has 0 radical (unpaired) electrons. The van der Waals surface area contributed by atoms with Gasteiger partial charge in [-0.1, -0.05) is 31.0 Å². The molecule has 20 heavy (non-hydrogen) atoms. The Morgan fingerprint density at radius 3 is 2.60 bits per heavy atom. The number of carbonyl (C=O) groups is 1. The third kappa shape index (κ3) is 5.38. The minimum atomic E-state index is -0.0885. The maximum Gasteiger partial charge on any atom is 0.248 e. The molecule has 2 rings (SSSR count). The highest BCUT2D eigenvalue weighted by atomic mass is 32.2. The summed E-state index contributed by atoms with van der Waals surface area (Å²) in [7, 11) is 0. The predicted octanol–water partition coefficient (Wildman–Crippen LogP) is 2.22. The van der Waals surface area contributed by atoms with Crippen LogP contribution in [0.1, 0.15) is 25.7 Å². The van der Waals surface area contributed by atoms with Gasteiger partial charge in [-0.2, -0.15) is 0 Å². The van der Waals surface area contributed by atoms with E-state index in [0.717, 1.165) is 17.7 Å². The molecule has 0 aromatic heterocycles. The van der Waals surface area contributed by atoms with E-state index < -0.39 is 0 Å². The smallest absolute Gasteiger partial charge is 0.248 e. The molecule has 1 aliphatic rings. The van der Waals surface area contributed by atoms with Crippen molar-refractivity contribution < 1.29 is 4.79 Å². The Kier molecular flexibility index (Phi) is 6.14. The fourth-order valence-electron chi connectivity index (χ4n) is 2.12. The van der Waals surface area contributed by atoms with Crippen molar-refractivity contribution in [3.05, 3.63) is 30.3 Å². The Morgan fingerprint density at radius 1 is 1.20 bits per heavy atom. The first-order valence-corrected chi connectivity index (χ1v) is 8.16. The number of thiocarbonyl (C=S) groups is 1. The Morgan fingerprint density at radius 2 is 1.90 bits per heavy atom. The molecule has 1 saturated carbocycles. The van der Waals surface area contributed by atoms with E-state index in [1.807, 2.05) is 30.3 Å². The van der Waals surface area contributed by atoms with Crippen LogP contribution in [-0.2, 0) is 4.79 Å². The lowest BCUT2D eigenvalue weighted by molar-refractivity contribution is -0.119. The van der Waals surface area contributed by atoms with Crippen LogP contribution in [0.3, 0.4) is 0 Å². The summed E-state index contributed by atoms with van der Waals surface area (Å²) in [6.07, 6.45) is 4.81. The van der Waals surface area contributed by atoms with Crippen molar-refractivity contribution >= 4 is 35.0 Å². The summed E-state index contributed by atoms with van der Waals surface area (Å²) in [5, 5.41) is 3.70. The maximum absolute atomic E-state index is 11.7. The quantitative estimate of drug-likeness (QED) is 0.452. The number of amides is 1. The summed E-state index contributed by atoms with van der Waals surface area (Å²) in [6, 6.07) is 10.3. The monoisotopic (exact) mass is 309 g/mol. The molecule has 1 aliphatic carbocycles. The molecular formula is C14H19N3OS2. The van der Waals surface area contributed by atoms with Gasteiger partial charge in [0.1, 0.15) is 0 Å². The van der Waals surface area contributed by atoms with E-state index in [-0.39, 0.29) is 5.91 Å². The van der Waals surface area contributed by atoms with E-state index >= 15 is 0 Å². The largest absolute Gasteiger partial charge is 0.359 e. The Labute approximate surface area is 129 Å². The lowest BCUT2D eigenvalue weighted by Crippen LogP contribution is -2.49. The van der Waals surface area contributed by atoms with Gasteiger partial charge in [-0.15, -0.1) is 11.8 Å². The molecule has 0 unspecified atom stereocenters. The lowest BCUT2D eigenvalue weighted by atomic mass is 10.3. The molecule has 1 aromatic rings. The lowest BCUT2D eigenvalue weighted by Gasteiger charge is -2.16. The van der Waals surface area contributed by atoms with E-state index in [2.05, 4.69) is 16.2 Å². The molecular weight excluding hydrogens is 290 g/mol. The molecule has 4 nitrogen and oxygen atoms in total. The fourth-order valence-corrected chi connectivity index (χ4v) is 3.06. The number of carbonyl (C=O) groups excluding carboxylic acids is 1. The Balaban J connectivity index is 1.61. The van der Waals surface area contributed by atoms with Crippen LogP contribution in [0.2, 0.25) is 0 Å². The third-order valence-electron chi connectivity index (χ3n) is 3.12. The second-order valence-corrected chi connectivity index (χ2v) is 6.19. The van der Waals surface area contributed by atoms with Crippen LogP contribution in [0.4, 0.5) is 0 Å². The van der Waals surface area contributed by atoms with Gasteiger partial charge in [-0.3, -0.25) is 15.6 Å². The van der Waals surface area contributed by atoms with Crippen molar-refractivity contribution in [2.75, 3.05) is 5.75 Å². The summed E-state index contributed by atoms with van der Waals surface area (Å²) >= 11 is 6.64. The van der Waals surface area contributed by atoms with Gasteiger partial charge in [0.05, 0.1) is 5.75 Å². The summed E-state index contributed by atoms with van der Waals surface area (Å²) < 4.78 is 0. The average molecular weight is 309 g/mol. The molecule has 6 heteroatoms. The molecule has 1 fully saturated rings. The number of rotatable bonds is 4. The highest BCUT2D eigenvalue weighted by Gasteiger charge is 2.15. The molecule has 1 amide bonds. The van der Waals surface area contributed by atoms with Gasteiger partial charge in [0, 0.05) is 10.9 Å². The molecule has 0 aliphatic heterocycles. The maximum atomic E-state index is 11.7. The van der Waals surface area contributed by atoms with Crippen molar-refractivity contribution in [1.29, 1.82) is 0 Å². The van der Waals surface area contributed by atoms with Crippen LogP contribution in [0, 0.1) is 0 Å². The molecule has 0 spiro atoms. The van der Waals surface area contributed by atoms with Crippen LogP contribution in [0.25, 0.3) is 0 Å². The van der Waals surface area contributed by atoms with Crippen LogP contribution in [0.5, 0.6) is 0 Å². The predicted molar refractivity (Wildman–Crippen MR) is 86.4 cm³/mol. The fraction of sp³-hybridized carbons (Fsp3) is 0.429. The summed E-state index contributed by atoms with van der Waals surface area (Å²) in [5.74, 6) is 0.276. The molecule has 0 heterocycles. The number of nitrogens with one attached hydrogen (secondary N) is 3. The molecule has 0 saturated heterocycles. The minimum Gasteiger partial charge on any atom is -0.359 e. The molecule has 3 N–H and O–H groups in total. The normalized spacial score (nSPS) is 14.8. The minimum absolute atomic E-state index is 0.0885. The summed E-state index contributed by atoms with van der Waals surface area (Å²) in [6.45, 7) is 0. The van der Waals surface area contributed by atoms with Crippen molar-refractivity contribution in [1.82, 2.24) is 16.2 Å². The van der Waals surface area contributed by atoms with Gasteiger partial charge in [-0.05, 0) is 37.2 Å². The number of thioether (sulfide) groups is 1. The summed E-state index contributed by atoms with van der Waals surface area (Å²) in [5.41, 5.74) is 5.37. The second-order valence-electron chi connectivity index (χ2n) is 4.73. The third-order valence-corrected chi connectivity index (χ3v) is 4.35. The molecule has 1 aromatic carbocycles. The van der Waals surface area contributed by atoms with Crippen molar-refractivity contribution in [2.24, 2.45) is 0 Å². The zero-order chi connectivity index (χ0) is 14.2. The number of hydrazine groups is 1. The molecule has 0 bridgehead atoms. The topological polar surface area (TPSA) is 53.2 Å². The molecule has 108 valence electrons. The number of benzene rings is 1. The van der Waals surface area contributed by atoms with Gasteiger partial charge >= 0.3 is 0 Å². The molecule has 0 atom stereocenters. The SMILES string of the molecule is O=C(CSc1ccccc1)NNC(=S)NC1CCCC1. The Hall–Kier alpha value is -1.27. The van der Waals surface area contributed by atoms with E-state index in [0.29, 0.717) is 16.9 Å². The number of hydrogen-bond donors (Lipinski definition) is 3. The van der Waals surface area contributed by atoms with Crippen LogP contribution < -0.4 is 16.2 Å². The van der Waals surface area contributed by atoms with Crippen LogP contribution in [0.15, 0.2) is 35.2 Å². The number of hydrogen-bond acceptors (Lipinski definition) is 3. The van der Waals surface area contributed by atoms with E-state index in [4.69, 9.17) is 12.2 Å². The first-order valence-electron chi connectivity index (χ1n) is 6.77. The first kappa shape index (κ1) is 15.1. The van der Waals surface area contributed by atoms with Gasteiger partial charge < -0.3 is 5.32 Å². The first-order chi connectivity index (χ1) is 9.74. The van der Waals surface area contributed by atoms with Crippen LogP contribution >= 0.6 is 24.0 Å². The van der Waals surface area contributed by atoms with Gasteiger partial charge in [0.2, 0.25) is 5.91 Å². The Bertz CT molecular complexity index is 447. The van der Waals surface area contributed by atoms with Crippen molar-refractivity contribution in [2.45, 2.75) is 36.6 Å². The van der Waals surface area contributed by atoms with E-state index in [9.17, 15) is 4.79 Å². The summed E-state index contributed by atoms with van der Waals surface area (Å²) in [4.78, 5) is 12.8. The standard InChI is InChI=1S/C14H19N3OS2/c18-13(10-20-12-8-2-1-3-9-12)16-17-14(19)15-11-6-4-5-7-11/h1-3,8-9,11H,4-7,10H2,(H,16,18)(H2,15,17,19). The van der Waals surface area contributed by atoms with Crippen LogP contribution in [-0.4, -0.2) is 22.8 Å². The average Bonchev–Trinajstić information content (AvgIpc) is 2.97. The van der Waals surface area contributed by atoms with Gasteiger partial charge in [0.15, 0.2) is 5.11 Å². The van der Waals surface area contributed by atoms with Gasteiger partial charge in [0.25, 0.3) is 0 Å². The second kappa shape index (κ2) is 8.11. The van der Waals surface area contributed by atoms with Gasteiger partial charge in [-0.25, -0.2) is 0 Å². The highest BCUT2D eigenvalue weighted by Crippen LogP contribution is 2.17. The highest BCUT2D eigenvalue weighted by molar-refractivity contribution is 8.00. The zero-order valence-electron chi connectivity index (χ0n) is 11.2. The zero-order valence-corrected chi connectivity index (χ0v) is 12.9. The van der Waals surface area contributed by atoms with Crippen molar-refractivity contribution in [3.8, 4) is 0 Å². The van der Waals surface area contributed by atoms with E-state index in [1.54, 1.807) is 0 Å².